The molecule has 0 saturated heterocycles. The minimum Gasteiger partial charge on any atom is -0.383 e. The second-order valence-corrected chi connectivity index (χ2v) is 5.91. The zero-order valence-corrected chi connectivity index (χ0v) is 13.3. The molecule has 1 aromatic heterocycles. The zero-order chi connectivity index (χ0) is 15.1. The lowest BCUT2D eigenvalue weighted by molar-refractivity contribution is 0.155. The van der Waals surface area contributed by atoms with E-state index in [1.165, 1.54) is 19.3 Å². The summed E-state index contributed by atoms with van der Waals surface area (Å²) in [6.07, 6.45) is 6.81. The SMILES string of the molecule is COCC(CCCN)NC(C)c1nnc2n1CCCCC2. The number of aromatic nitrogens is 3. The predicted molar refractivity (Wildman–Crippen MR) is 83.1 cm³/mol. The highest BCUT2D eigenvalue weighted by molar-refractivity contribution is 5.02. The highest BCUT2D eigenvalue weighted by Crippen LogP contribution is 2.19. The maximum absolute atomic E-state index is 5.61. The Bertz CT molecular complexity index is 420. The van der Waals surface area contributed by atoms with Gasteiger partial charge in [-0.15, -0.1) is 10.2 Å². The Morgan fingerprint density at radius 2 is 2.19 bits per heavy atom. The highest BCUT2D eigenvalue weighted by atomic mass is 16.5. The van der Waals surface area contributed by atoms with Crippen molar-refractivity contribution in [3.63, 3.8) is 0 Å². The van der Waals surface area contributed by atoms with Gasteiger partial charge in [0.2, 0.25) is 0 Å². The largest absolute Gasteiger partial charge is 0.383 e. The molecule has 2 unspecified atom stereocenters. The number of hydrogen-bond acceptors (Lipinski definition) is 5. The molecule has 6 nitrogen and oxygen atoms in total. The summed E-state index contributed by atoms with van der Waals surface area (Å²) in [5.74, 6) is 2.20. The first-order valence-corrected chi connectivity index (χ1v) is 8.13. The van der Waals surface area contributed by atoms with Gasteiger partial charge in [0, 0.05) is 26.1 Å². The van der Waals surface area contributed by atoms with Crippen molar-refractivity contribution in [3.8, 4) is 0 Å². The molecule has 2 atom stereocenters. The summed E-state index contributed by atoms with van der Waals surface area (Å²) < 4.78 is 7.61. The fourth-order valence-corrected chi connectivity index (χ4v) is 3.04. The first-order chi connectivity index (χ1) is 10.3. The number of nitrogens with zero attached hydrogens (tertiary/aromatic N) is 3. The van der Waals surface area contributed by atoms with E-state index in [0.29, 0.717) is 12.6 Å². The third-order valence-corrected chi connectivity index (χ3v) is 4.14. The van der Waals surface area contributed by atoms with Crippen LogP contribution in [0.15, 0.2) is 0 Å². The molecule has 1 aromatic rings. The Labute approximate surface area is 127 Å². The molecule has 0 bridgehead atoms. The van der Waals surface area contributed by atoms with Crippen LogP contribution in [-0.4, -0.2) is 41.1 Å². The number of rotatable bonds is 8. The molecule has 1 aliphatic rings. The summed E-state index contributed by atoms with van der Waals surface area (Å²) in [6.45, 7) is 4.62. The van der Waals surface area contributed by atoms with E-state index >= 15 is 0 Å². The van der Waals surface area contributed by atoms with E-state index in [1.807, 2.05) is 0 Å². The van der Waals surface area contributed by atoms with Gasteiger partial charge in [-0.05, 0) is 39.2 Å². The molecule has 21 heavy (non-hydrogen) atoms. The Balaban J connectivity index is 2.01. The molecule has 0 spiro atoms. The van der Waals surface area contributed by atoms with Gasteiger partial charge in [0.1, 0.15) is 11.6 Å². The monoisotopic (exact) mass is 295 g/mol. The fourth-order valence-electron chi connectivity index (χ4n) is 3.04. The lowest BCUT2D eigenvalue weighted by atomic mass is 10.1. The van der Waals surface area contributed by atoms with Crippen molar-refractivity contribution < 1.29 is 4.74 Å². The normalized spacial score (nSPS) is 18.0. The van der Waals surface area contributed by atoms with Crippen LogP contribution < -0.4 is 11.1 Å². The van der Waals surface area contributed by atoms with Gasteiger partial charge < -0.3 is 20.4 Å². The molecule has 0 radical (unpaired) electrons. The van der Waals surface area contributed by atoms with Crippen LogP contribution in [0.5, 0.6) is 0 Å². The van der Waals surface area contributed by atoms with Gasteiger partial charge in [0.25, 0.3) is 0 Å². The molecular weight excluding hydrogens is 266 g/mol. The number of nitrogens with two attached hydrogens (primary N) is 1. The second-order valence-electron chi connectivity index (χ2n) is 5.91. The van der Waals surface area contributed by atoms with Crippen molar-refractivity contribution in [1.82, 2.24) is 20.1 Å². The highest BCUT2D eigenvalue weighted by Gasteiger charge is 2.21. The Morgan fingerprint density at radius 1 is 1.33 bits per heavy atom. The molecule has 1 aliphatic heterocycles. The third kappa shape index (κ3) is 4.49. The summed E-state index contributed by atoms with van der Waals surface area (Å²) >= 11 is 0. The zero-order valence-electron chi connectivity index (χ0n) is 13.3. The Hall–Kier alpha value is -0.980. The molecule has 0 aliphatic carbocycles. The van der Waals surface area contributed by atoms with Crippen molar-refractivity contribution in [1.29, 1.82) is 0 Å². The van der Waals surface area contributed by atoms with E-state index in [9.17, 15) is 0 Å². The number of aryl methyl sites for hydroxylation is 1. The van der Waals surface area contributed by atoms with Crippen molar-refractivity contribution in [2.24, 2.45) is 5.73 Å². The van der Waals surface area contributed by atoms with E-state index in [0.717, 1.165) is 44.0 Å². The summed E-state index contributed by atoms with van der Waals surface area (Å²) in [5, 5.41) is 12.4. The molecule has 3 N–H and O–H groups in total. The number of methoxy groups -OCH3 is 1. The van der Waals surface area contributed by atoms with E-state index in [-0.39, 0.29) is 6.04 Å². The van der Waals surface area contributed by atoms with Gasteiger partial charge in [0.05, 0.1) is 12.6 Å². The fraction of sp³-hybridized carbons (Fsp3) is 0.867. The number of nitrogens with one attached hydrogen (secondary N) is 1. The van der Waals surface area contributed by atoms with Crippen LogP contribution in [0.1, 0.15) is 56.7 Å². The van der Waals surface area contributed by atoms with Crippen LogP contribution in [0.4, 0.5) is 0 Å². The average Bonchev–Trinajstić information content (AvgIpc) is 2.74. The van der Waals surface area contributed by atoms with Crippen molar-refractivity contribution in [2.45, 2.75) is 64.1 Å². The van der Waals surface area contributed by atoms with Crippen molar-refractivity contribution >= 4 is 0 Å². The quantitative estimate of drug-likeness (QED) is 0.758. The van der Waals surface area contributed by atoms with E-state index in [4.69, 9.17) is 10.5 Å². The van der Waals surface area contributed by atoms with Crippen LogP contribution in [-0.2, 0) is 17.7 Å². The molecule has 0 aromatic carbocycles. The van der Waals surface area contributed by atoms with Gasteiger partial charge in [-0.3, -0.25) is 0 Å². The van der Waals surface area contributed by atoms with Crippen LogP contribution in [0, 0.1) is 0 Å². The number of fused-ring (bicyclic) bond motifs is 1. The van der Waals surface area contributed by atoms with Gasteiger partial charge in [-0.25, -0.2) is 0 Å². The summed E-state index contributed by atoms with van der Waals surface area (Å²) in [5.41, 5.74) is 5.61. The first kappa shape index (κ1) is 16.4. The molecule has 120 valence electrons. The third-order valence-electron chi connectivity index (χ3n) is 4.14. The van der Waals surface area contributed by atoms with E-state index in [1.54, 1.807) is 7.11 Å². The first-order valence-electron chi connectivity index (χ1n) is 8.13. The van der Waals surface area contributed by atoms with Gasteiger partial charge >= 0.3 is 0 Å². The minimum absolute atomic E-state index is 0.183. The van der Waals surface area contributed by atoms with E-state index in [2.05, 4.69) is 27.0 Å². The topological polar surface area (TPSA) is 78.0 Å². The molecule has 2 rings (SSSR count). The standard InChI is InChI=1S/C15H29N5O/c1-12(17-13(11-21-2)7-6-9-16)15-19-18-14-8-4-3-5-10-20(14)15/h12-13,17H,3-11,16H2,1-2H3. The maximum Gasteiger partial charge on any atom is 0.149 e. The summed E-state index contributed by atoms with van der Waals surface area (Å²) in [6, 6.07) is 0.495. The van der Waals surface area contributed by atoms with Gasteiger partial charge in [-0.1, -0.05) is 6.42 Å². The molecule has 2 heterocycles. The van der Waals surface area contributed by atoms with Gasteiger partial charge in [0.15, 0.2) is 0 Å². The lowest BCUT2D eigenvalue weighted by Crippen LogP contribution is -2.36. The lowest BCUT2D eigenvalue weighted by Gasteiger charge is -2.23. The van der Waals surface area contributed by atoms with Crippen LogP contribution in [0.3, 0.4) is 0 Å². The average molecular weight is 295 g/mol. The minimum atomic E-state index is 0.183. The van der Waals surface area contributed by atoms with Crippen LogP contribution >= 0.6 is 0 Å². The van der Waals surface area contributed by atoms with Gasteiger partial charge in [-0.2, -0.15) is 0 Å². The van der Waals surface area contributed by atoms with Crippen LogP contribution in [0.25, 0.3) is 0 Å². The number of hydrogen-bond donors (Lipinski definition) is 2. The molecular formula is C15H29N5O. The number of ether oxygens (including phenoxy) is 1. The smallest absolute Gasteiger partial charge is 0.149 e. The Kier molecular flexibility index (Phi) is 6.60. The van der Waals surface area contributed by atoms with E-state index < -0.39 is 0 Å². The second kappa shape index (κ2) is 8.46. The Morgan fingerprint density at radius 3 is 2.95 bits per heavy atom. The molecule has 0 amide bonds. The summed E-state index contributed by atoms with van der Waals surface area (Å²) in [4.78, 5) is 0. The molecule has 6 heteroatoms. The molecule has 0 saturated carbocycles. The van der Waals surface area contributed by atoms with Crippen molar-refractivity contribution in [3.05, 3.63) is 11.6 Å². The van der Waals surface area contributed by atoms with Crippen molar-refractivity contribution in [2.75, 3.05) is 20.3 Å². The molecule has 0 fully saturated rings. The predicted octanol–water partition coefficient (Wildman–Crippen LogP) is 1.41. The summed E-state index contributed by atoms with van der Waals surface area (Å²) in [7, 11) is 1.74. The maximum atomic E-state index is 5.61. The van der Waals surface area contributed by atoms with Crippen LogP contribution in [0.2, 0.25) is 0 Å².